The van der Waals surface area contributed by atoms with E-state index in [0.717, 1.165) is 16.4 Å². The summed E-state index contributed by atoms with van der Waals surface area (Å²) in [5.74, 6) is -0.495. The van der Waals surface area contributed by atoms with Crippen LogP contribution in [0.5, 0.6) is 0 Å². The van der Waals surface area contributed by atoms with Gasteiger partial charge in [0.2, 0.25) is 0 Å². The van der Waals surface area contributed by atoms with Crippen molar-refractivity contribution in [2.45, 2.75) is 19.3 Å². The van der Waals surface area contributed by atoms with Gasteiger partial charge in [-0.25, -0.2) is 0 Å². The third-order valence-corrected chi connectivity index (χ3v) is 4.18. The maximum Gasteiger partial charge on any atom is 0.303 e. The molecule has 1 aromatic carbocycles. The SMILES string of the molecule is O=C(O)CC1CCN(C(=O)c2ccc(I)cc2)CC1. The van der Waals surface area contributed by atoms with Gasteiger partial charge in [-0.15, -0.1) is 0 Å². The van der Waals surface area contributed by atoms with E-state index < -0.39 is 5.97 Å². The van der Waals surface area contributed by atoms with Crippen LogP contribution in [0.15, 0.2) is 24.3 Å². The number of benzene rings is 1. The Labute approximate surface area is 125 Å². The minimum absolute atomic E-state index is 0.0465. The molecule has 1 fully saturated rings. The first-order valence-electron chi connectivity index (χ1n) is 6.33. The third-order valence-electron chi connectivity index (χ3n) is 3.46. The molecular formula is C14H16INO3. The summed E-state index contributed by atoms with van der Waals surface area (Å²) in [5.41, 5.74) is 0.706. The molecule has 1 heterocycles. The van der Waals surface area contributed by atoms with Gasteiger partial charge in [0.15, 0.2) is 0 Å². The number of carboxylic acid groups (broad SMARTS) is 1. The molecule has 2 rings (SSSR count). The van der Waals surface area contributed by atoms with Gasteiger partial charge in [0.05, 0.1) is 0 Å². The average Bonchev–Trinajstić information content (AvgIpc) is 2.39. The molecule has 1 aliphatic heterocycles. The normalized spacial score (nSPS) is 16.4. The molecule has 1 aliphatic rings. The number of likely N-dealkylation sites (tertiary alicyclic amines) is 1. The Morgan fingerprint density at radius 1 is 1.21 bits per heavy atom. The highest BCUT2D eigenvalue weighted by Crippen LogP contribution is 2.22. The average molecular weight is 373 g/mol. The first kappa shape index (κ1) is 14.3. The molecule has 1 amide bonds. The van der Waals surface area contributed by atoms with Crippen LogP contribution in [-0.4, -0.2) is 35.0 Å². The summed E-state index contributed by atoms with van der Waals surface area (Å²) < 4.78 is 1.11. The van der Waals surface area contributed by atoms with Crippen molar-refractivity contribution in [3.8, 4) is 0 Å². The zero-order valence-corrected chi connectivity index (χ0v) is 12.7. The Morgan fingerprint density at radius 3 is 2.32 bits per heavy atom. The summed E-state index contributed by atoms with van der Waals surface area (Å²) in [5, 5.41) is 8.76. The predicted molar refractivity (Wildman–Crippen MR) is 80.0 cm³/mol. The number of carbonyl (C=O) groups excluding carboxylic acids is 1. The van der Waals surface area contributed by atoms with Crippen LogP contribution in [0.4, 0.5) is 0 Å². The largest absolute Gasteiger partial charge is 0.481 e. The molecule has 1 saturated heterocycles. The van der Waals surface area contributed by atoms with Crippen LogP contribution in [0.3, 0.4) is 0 Å². The van der Waals surface area contributed by atoms with Crippen molar-refractivity contribution in [3.05, 3.63) is 33.4 Å². The molecule has 0 aliphatic carbocycles. The fourth-order valence-electron chi connectivity index (χ4n) is 2.36. The Bertz CT molecular complexity index is 464. The van der Waals surface area contributed by atoms with Crippen molar-refractivity contribution < 1.29 is 14.7 Å². The van der Waals surface area contributed by atoms with E-state index in [1.54, 1.807) is 0 Å². The van der Waals surface area contributed by atoms with E-state index >= 15 is 0 Å². The molecule has 19 heavy (non-hydrogen) atoms. The first-order chi connectivity index (χ1) is 9.06. The third kappa shape index (κ3) is 3.92. The minimum Gasteiger partial charge on any atom is -0.481 e. The van der Waals surface area contributed by atoms with Gasteiger partial charge in [0, 0.05) is 28.6 Å². The second-order valence-corrected chi connectivity index (χ2v) is 6.09. The summed E-state index contributed by atoms with van der Waals surface area (Å²) >= 11 is 2.21. The van der Waals surface area contributed by atoms with E-state index in [1.807, 2.05) is 29.2 Å². The standard InChI is InChI=1S/C14H16INO3/c15-12-3-1-11(2-4-12)14(19)16-7-5-10(6-8-16)9-13(17)18/h1-4,10H,5-9H2,(H,17,18). The second kappa shape index (κ2) is 6.36. The molecule has 4 nitrogen and oxygen atoms in total. The predicted octanol–water partition coefficient (Wildman–Crippen LogP) is 2.62. The van der Waals surface area contributed by atoms with Gasteiger partial charge in [-0.05, 0) is 65.6 Å². The smallest absolute Gasteiger partial charge is 0.303 e. The van der Waals surface area contributed by atoms with Crippen LogP contribution >= 0.6 is 22.6 Å². The van der Waals surface area contributed by atoms with E-state index in [0.29, 0.717) is 18.7 Å². The van der Waals surface area contributed by atoms with E-state index in [-0.39, 0.29) is 18.2 Å². The highest BCUT2D eigenvalue weighted by atomic mass is 127. The van der Waals surface area contributed by atoms with Crippen LogP contribution in [-0.2, 0) is 4.79 Å². The van der Waals surface area contributed by atoms with Crippen LogP contribution < -0.4 is 0 Å². The Hall–Kier alpha value is -1.11. The van der Waals surface area contributed by atoms with Crippen LogP contribution in [0, 0.1) is 9.49 Å². The van der Waals surface area contributed by atoms with Crippen molar-refractivity contribution in [2.24, 2.45) is 5.92 Å². The Kier molecular flexibility index (Phi) is 4.79. The number of aliphatic carboxylic acids is 1. The molecule has 5 heteroatoms. The fraction of sp³-hybridized carbons (Fsp3) is 0.429. The second-order valence-electron chi connectivity index (χ2n) is 4.84. The van der Waals surface area contributed by atoms with Crippen molar-refractivity contribution >= 4 is 34.5 Å². The van der Waals surface area contributed by atoms with Gasteiger partial charge in [-0.2, -0.15) is 0 Å². The van der Waals surface area contributed by atoms with Crippen molar-refractivity contribution in [3.63, 3.8) is 0 Å². The quantitative estimate of drug-likeness (QED) is 0.829. The highest BCUT2D eigenvalue weighted by Gasteiger charge is 2.24. The monoisotopic (exact) mass is 373 g/mol. The number of carboxylic acids is 1. The summed E-state index contributed by atoms with van der Waals surface area (Å²) in [4.78, 5) is 24.7. The zero-order chi connectivity index (χ0) is 13.8. The number of rotatable bonds is 3. The summed E-state index contributed by atoms with van der Waals surface area (Å²) in [6, 6.07) is 7.52. The lowest BCUT2D eigenvalue weighted by molar-refractivity contribution is -0.138. The van der Waals surface area contributed by atoms with Gasteiger partial charge in [0.25, 0.3) is 5.91 Å². The molecule has 0 saturated carbocycles. The van der Waals surface area contributed by atoms with Crippen molar-refractivity contribution in [2.75, 3.05) is 13.1 Å². The lowest BCUT2D eigenvalue weighted by Crippen LogP contribution is -2.38. The molecular weight excluding hydrogens is 357 g/mol. The number of hydrogen-bond donors (Lipinski definition) is 1. The number of nitrogens with zero attached hydrogens (tertiary/aromatic N) is 1. The Morgan fingerprint density at radius 2 is 1.79 bits per heavy atom. The molecule has 102 valence electrons. The molecule has 0 bridgehead atoms. The van der Waals surface area contributed by atoms with E-state index in [1.165, 1.54) is 0 Å². The van der Waals surface area contributed by atoms with E-state index in [4.69, 9.17) is 5.11 Å². The van der Waals surface area contributed by atoms with Gasteiger partial charge in [-0.3, -0.25) is 9.59 Å². The van der Waals surface area contributed by atoms with Crippen molar-refractivity contribution in [1.82, 2.24) is 4.90 Å². The number of piperidine rings is 1. The summed E-state index contributed by atoms with van der Waals surface area (Å²) in [6.45, 7) is 1.31. The maximum atomic E-state index is 12.2. The van der Waals surface area contributed by atoms with Crippen LogP contribution in [0.1, 0.15) is 29.6 Å². The molecule has 0 radical (unpaired) electrons. The van der Waals surface area contributed by atoms with Gasteiger partial charge >= 0.3 is 5.97 Å². The van der Waals surface area contributed by atoms with E-state index in [9.17, 15) is 9.59 Å². The number of hydrogen-bond acceptors (Lipinski definition) is 2. The Balaban J connectivity index is 1.92. The summed E-state index contributed by atoms with van der Waals surface area (Å²) in [6.07, 6.45) is 1.77. The van der Waals surface area contributed by atoms with Crippen LogP contribution in [0.25, 0.3) is 0 Å². The number of amides is 1. The molecule has 0 aromatic heterocycles. The maximum absolute atomic E-state index is 12.2. The number of halogens is 1. The van der Waals surface area contributed by atoms with Crippen molar-refractivity contribution in [1.29, 1.82) is 0 Å². The molecule has 0 atom stereocenters. The molecule has 1 N–H and O–H groups in total. The molecule has 0 spiro atoms. The highest BCUT2D eigenvalue weighted by molar-refractivity contribution is 14.1. The number of carbonyl (C=O) groups is 2. The first-order valence-corrected chi connectivity index (χ1v) is 7.41. The summed E-state index contributed by atoms with van der Waals surface area (Å²) in [7, 11) is 0. The van der Waals surface area contributed by atoms with Gasteiger partial charge in [-0.1, -0.05) is 0 Å². The van der Waals surface area contributed by atoms with E-state index in [2.05, 4.69) is 22.6 Å². The topological polar surface area (TPSA) is 57.6 Å². The zero-order valence-electron chi connectivity index (χ0n) is 10.5. The lowest BCUT2D eigenvalue weighted by atomic mass is 9.93. The molecule has 0 unspecified atom stereocenters. The van der Waals surface area contributed by atoms with Gasteiger partial charge in [0.1, 0.15) is 0 Å². The molecule has 1 aromatic rings. The van der Waals surface area contributed by atoms with Gasteiger partial charge < -0.3 is 10.0 Å². The lowest BCUT2D eigenvalue weighted by Gasteiger charge is -2.31. The van der Waals surface area contributed by atoms with Crippen LogP contribution in [0.2, 0.25) is 0 Å². The minimum atomic E-state index is -0.748. The fourth-order valence-corrected chi connectivity index (χ4v) is 2.72.